The largest absolute Gasteiger partial charge is 0.491 e. The normalized spacial score (nSPS) is 11.7. The first kappa shape index (κ1) is 28.8. The summed E-state index contributed by atoms with van der Waals surface area (Å²) in [5.41, 5.74) is 1.63. The quantitative estimate of drug-likeness (QED) is 0.207. The van der Waals surface area contributed by atoms with Crippen LogP contribution in [0.15, 0.2) is 82.3 Å². The lowest BCUT2D eigenvalue weighted by atomic mass is 10.1. The Morgan fingerprint density at radius 1 is 1.02 bits per heavy atom. The van der Waals surface area contributed by atoms with Gasteiger partial charge in [-0.3, -0.25) is 4.98 Å². The Bertz CT molecular complexity index is 1600. The molecule has 0 spiro atoms. The van der Waals surface area contributed by atoms with Crippen molar-refractivity contribution >= 4 is 38.9 Å². The number of pyridine rings is 2. The summed E-state index contributed by atoms with van der Waals surface area (Å²) >= 11 is 1.38. The first-order valence-corrected chi connectivity index (χ1v) is 13.8. The van der Waals surface area contributed by atoms with E-state index in [4.69, 9.17) is 0 Å². The lowest BCUT2D eigenvalue weighted by Crippen LogP contribution is -2.30. The molecule has 0 amide bonds. The topological polar surface area (TPSA) is 140 Å². The van der Waals surface area contributed by atoms with Crippen LogP contribution in [-0.4, -0.2) is 48.0 Å². The Balaban J connectivity index is 1.45. The molecule has 4 aromatic rings. The van der Waals surface area contributed by atoms with Crippen molar-refractivity contribution in [3.05, 3.63) is 83.8 Å². The van der Waals surface area contributed by atoms with Crippen LogP contribution in [0.2, 0.25) is 0 Å². The molecular formula is C25H20F3N5O5S2. The van der Waals surface area contributed by atoms with Crippen molar-refractivity contribution in [3.8, 4) is 10.6 Å². The van der Waals surface area contributed by atoms with Crippen molar-refractivity contribution in [2.24, 2.45) is 0 Å². The summed E-state index contributed by atoms with van der Waals surface area (Å²) in [6.45, 7) is -0.377. The maximum Gasteiger partial charge on any atom is 0.491 e. The van der Waals surface area contributed by atoms with Gasteiger partial charge in [-0.2, -0.15) is 13.2 Å². The Hall–Kier alpha value is -4.21. The van der Waals surface area contributed by atoms with Gasteiger partial charge < -0.3 is 15.4 Å². The van der Waals surface area contributed by atoms with E-state index < -0.39 is 34.5 Å². The van der Waals surface area contributed by atoms with Gasteiger partial charge in [0.2, 0.25) is 9.84 Å². The first-order valence-electron chi connectivity index (χ1n) is 11.4. The van der Waals surface area contributed by atoms with E-state index in [0.717, 1.165) is 0 Å². The molecule has 1 aromatic carbocycles. The highest BCUT2D eigenvalue weighted by Gasteiger charge is 2.42. The second-order valence-corrected chi connectivity index (χ2v) is 10.9. The van der Waals surface area contributed by atoms with Crippen LogP contribution in [0.4, 0.5) is 19.0 Å². The molecule has 208 valence electrons. The summed E-state index contributed by atoms with van der Waals surface area (Å²) in [7, 11) is -3.91. The van der Waals surface area contributed by atoms with E-state index in [2.05, 4.69) is 30.3 Å². The number of rotatable bonds is 10. The summed E-state index contributed by atoms with van der Waals surface area (Å²) in [4.78, 5) is 34.8. The van der Waals surface area contributed by atoms with Crippen LogP contribution in [0, 0.1) is 0 Å². The number of sulfone groups is 1. The second kappa shape index (κ2) is 12.3. The number of esters is 2. The zero-order chi connectivity index (χ0) is 28.8. The molecule has 15 heteroatoms. The standard InChI is InChI=1S/C25H20F3N5O5S2/c26-25(27,28)24(35)38-22(34)15-32-21-5-1-3-18(33-21)13-30-12-17-7-6-16(23-31-9-10-39-23)11-20(17)40(36,37)19-4-2-8-29-14-19/h1-11,14,30H,12-13,15H2,(H,32,33). The Morgan fingerprint density at radius 2 is 1.85 bits per heavy atom. The zero-order valence-electron chi connectivity index (χ0n) is 20.4. The number of carbonyl (C=O) groups excluding carboxylic acids is 2. The molecule has 0 aliphatic carbocycles. The third-order valence-corrected chi connectivity index (χ3v) is 7.90. The predicted octanol–water partition coefficient (Wildman–Crippen LogP) is 3.77. The molecule has 3 heterocycles. The molecule has 2 N–H and O–H groups in total. The number of aromatic nitrogens is 3. The van der Waals surface area contributed by atoms with E-state index in [0.29, 0.717) is 21.8 Å². The Kier molecular flexibility index (Phi) is 8.86. The van der Waals surface area contributed by atoms with Gasteiger partial charge in [0.05, 0.1) is 15.5 Å². The molecule has 4 rings (SSSR count). The minimum atomic E-state index is -5.28. The number of hydrogen-bond donors (Lipinski definition) is 2. The van der Waals surface area contributed by atoms with Gasteiger partial charge in [-0.1, -0.05) is 18.2 Å². The zero-order valence-corrected chi connectivity index (χ0v) is 22.0. The highest BCUT2D eigenvalue weighted by atomic mass is 32.2. The fourth-order valence-corrected chi connectivity index (χ4v) is 5.56. The number of alkyl halides is 3. The van der Waals surface area contributed by atoms with E-state index in [1.807, 2.05) is 0 Å². The number of ether oxygens (including phenoxy) is 1. The van der Waals surface area contributed by atoms with E-state index in [-0.39, 0.29) is 28.7 Å². The summed E-state index contributed by atoms with van der Waals surface area (Å²) < 4.78 is 67.3. The number of nitrogens with one attached hydrogen (secondary N) is 2. The molecule has 0 aliphatic rings. The molecule has 0 unspecified atom stereocenters. The molecule has 0 radical (unpaired) electrons. The van der Waals surface area contributed by atoms with E-state index in [1.165, 1.54) is 41.9 Å². The number of carbonyl (C=O) groups is 2. The van der Waals surface area contributed by atoms with E-state index in [1.54, 1.807) is 41.9 Å². The molecule has 0 aliphatic heterocycles. The molecule has 3 aromatic heterocycles. The van der Waals surface area contributed by atoms with Gasteiger partial charge in [0.15, 0.2) is 0 Å². The number of anilines is 1. The van der Waals surface area contributed by atoms with Crippen LogP contribution in [0.25, 0.3) is 10.6 Å². The lowest BCUT2D eigenvalue weighted by Gasteiger charge is -2.13. The lowest BCUT2D eigenvalue weighted by molar-refractivity contribution is -0.201. The second-order valence-electron chi connectivity index (χ2n) is 8.08. The van der Waals surface area contributed by atoms with Crippen molar-refractivity contribution < 1.29 is 35.9 Å². The minimum absolute atomic E-state index is 0.0449. The number of thiazole rings is 1. The van der Waals surface area contributed by atoms with Gasteiger partial charge in [-0.05, 0) is 35.9 Å². The fourth-order valence-electron chi connectivity index (χ4n) is 3.44. The Labute approximate surface area is 230 Å². The smallest absolute Gasteiger partial charge is 0.385 e. The predicted molar refractivity (Wildman–Crippen MR) is 138 cm³/mol. The first-order chi connectivity index (χ1) is 19.0. The van der Waals surface area contributed by atoms with Crippen molar-refractivity contribution in [2.75, 3.05) is 11.9 Å². The highest BCUT2D eigenvalue weighted by Crippen LogP contribution is 2.30. The molecule has 10 nitrogen and oxygen atoms in total. The van der Waals surface area contributed by atoms with Crippen molar-refractivity contribution in [3.63, 3.8) is 0 Å². The SMILES string of the molecule is O=C(CNc1cccc(CNCc2ccc(-c3nccs3)cc2S(=O)(=O)c2cccnc2)n1)OC(=O)C(F)(F)F. The summed E-state index contributed by atoms with van der Waals surface area (Å²) in [5, 5.41) is 8.08. The molecule has 0 atom stereocenters. The van der Waals surface area contributed by atoms with Gasteiger partial charge in [0, 0.05) is 42.6 Å². The summed E-state index contributed by atoms with van der Waals surface area (Å²) in [5.74, 6) is -3.87. The molecule has 0 fully saturated rings. The average Bonchev–Trinajstić information content (AvgIpc) is 3.47. The number of halogens is 3. The van der Waals surface area contributed by atoms with Crippen molar-refractivity contribution in [1.82, 2.24) is 20.3 Å². The van der Waals surface area contributed by atoms with Gasteiger partial charge in [0.1, 0.15) is 17.4 Å². The van der Waals surface area contributed by atoms with Crippen LogP contribution in [-0.2, 0) is 37.3 Å². The van der Waals surface area contributed by atoms with Crippen molar-refractivity contribution in [1.29, 1.82) is 0 Å². The number of benzene rings is 1. The van der Waals surface area contributed by atoms with Gasteiger partial charge >= 0.3 is 18.1 Å². The summed E-state index contributed by atoms with van der Waals surface area (Å²) in [6, 6.07) is 12.8. The van der Waals surface area contributed by atoms with Gasteiger partial charge in [-0.25, -0.2) is 28.0 Å². The third kappa shape index (κ3) is 7.25. The van der Waals surface area contributed by atoms with Gasteiger partial charge in [0.25, 0.3) is 0 Å². The summed E-state index contributed by atoms with van der Waals surface area (Å²) in [6.07, 6.45) is -0.891. The maximum absolute atomic E-state index is 13.5. The van der Waals surface area contributed by atoms with Crippen LogP contribution >= 0.6 is 11.3 Å². The molecule has 40 heavy (non-hydrogen) atoms. The monoisotopic (exact) mass is 591 g/mol. The van der Waals surface area contributed by atoms with Crippen LogP contribution in [0.3, 0.4) is 0 Å². The van der Waals surface area contributed by atoms with E-state index >= 15 is 0 Å². The third-order valence-electron chi connectivity index (χ3n) is 5.26. The highest BCUT2D eigenvalue weighted by molar-refractivity contribution is 7.91. The maximum atomic E-state index is 13.5. The van der Waals surface area contributed by atoms with Crippen LogP contribution in [0.1, 0.15) is 11.3 Å². The van der Waals surface area contributed by atoms with Crippen LogP contribution < -0.4 is 10.6 Å². The van der Waals surface area contributed by atoms with Crippen molar-refractivity contribution in [2.45, 2.75) is 29.1 Å². The van der Waals surface area contributed by atoms with Gasteiger partial charge in [-0.15, -0.1) is 11.3 Å². The fraction of sp³-hybridized carbons (Fsp3) is 0.160. The molecular weight excluding hydrogens is 571 g/mol. The number of hydrogen-bond acceptors (Lipinski definition) is 11. The molecule has 0 saturated heterocycles. The molecule has 0 saturated carbocycles. The minimum Gasteiger partial charge on any atom is -0.385 e. The van der Waals surface area contributed by atoms with Crippen LogP contribution in [0.5, 0.6) is 0 Å². The molecule has 0 bridgehead atoms. The number of nitrogens with zero attached hydrogens (tertiary/aromatic N) is 3. The average molecular weight is 592 g/mol. The van der Waals surface area contributed by atoms with E-state index in [9.17, 15) is 31.2 Å². The Morgan fingerprint density at radius 3 is 2.55 bits per heavy atom.